The minimum atomic E-state index is -0.599. The van der Waals surface area contributed by atoms with E-state index in [1.54, 1.807) is 0 Å². The minimum Gasteiger partial charge on any atom is -0.356 e. The first-order valence-corrected chi connectivity index (χ1v) is 8.88. The summed E-state index contributed by atoms with van der Waals surface area (Å²) in [6.45, 7) is 9.93. The Labute approximate surface area is 150 Å². The van der Waals surface area contributed by atoms with E-state index in [4.69, 9.17) is 9.47 Å². The average Bonchev–Trinajstić information content (AvgIpc) is 2.98. The highest BCUT2D eigenvalue weighted by molar-refractivity contribution is 5.97. The number of carbonyl (C=O) groups excluding carboxylic acids is 2. The first-order valence-electron chi connectivity index (χ1n) is 8.88. The number of carbonyl (C=O) groups is 2. The lowest BCUT2D eigenvalue weighted by Gasteiger charge is -2.22. The van der Waals surface area contributed by atoms with Crippen molar-refractivity contribution in [3.05, 3.63) is 35.4 Å². The molecule has 1 aromatic rings. The summed E-state index contributed by atoms with van der Waals surface area (Å²) in [5.41, 5.74) is 1.90. The third kappa shape index (κ3) is 5.94. The van der Waals surface area contributed by atoms with Crippen LogP contribution in [0.2, 0.25) is 0 Å². The molecule has 0 aromatic heterocycles. The van der Waals surface area contributed by atoms with Crippen molar-refractivity contribution in [1.29, 1.82) is 0 Å². The fraction of sp³-hybridized carbons (Fsp3) is 0.600. The van der Waals surface area contributed by atoms with Gasteiger partial charge in [0.2, 0.25) is 5.91 Å². The second-order valence-corrected chi connectivity index (χ2v) is 7.68. The van der Waals surface area contributed by atoms with Crippen LogP contribution in [-0.4, -0.2) is 37.2 Å². The van der Waals surface area contributed by atoms with Gasteiger partial charge in [-0.1, -0.05) is 45.0 Å². The summed E-state index contributed by atoms with van der Waals surface area (Å²) in [7, 11) is 0. The normalized spacial score (nSPS) is 16.6. The van der Waals surface area contributed by atoms with E-state index in [2.05, 4.69) is 26.1 Å². The van der Waals surface area contributed by atoms with E-state index >= 15 is 0 Å². The molecule has 138 valence electrons. The first-order chi connectivity index (χ1) is 11.7. The van der Waals surface area contributed by atoms with Crippen LogP contribution in [0.1, 0.15) is 62.9 Å². The number of nitrogens with one attached hydrogen (secondary N) is 1. The lowest BCUT2D eigenvalue weighted by atomic mass is 9.86. The molecule has 2 rings (SSSR count). The van der Waals surface area contributed by atoms with E-state index in [1.807, 2.05) is 31.2 Å². The molecule has 1 N–H and O–H groups in total. The molecule has 25 heavy (non-hydrogen) atoms. The lowest BCUT2D eigenvalue weighted by molar-refractivity contribution is -0.146. The molecular formula is C20H29NO4. The van der Waals surface area contributed by atoms with Gasteiger partial charge >= 0.3 is 0 Å². The first kappa shape index (κ1) is 19.6. The van der Waals surface area contributed by atoms with Crippen LogP contribution in [-0.2, 0) is 19.7 Å². The molecule has 1 aliphatic rings. The van der Waals surface area contributed by atoms with Crippen LogP contribution in [0.5, 0.6) is 0 Å². The summed E-state index contributed by atoms with van der Waals surface area (Å²) >= 11 is 0. The number of hydrogen-bond acceptors (Lipinski definition) is 4. The molecule has 1 heterocycles. The summed E-state index contributed by atoms with van der Waals surface area (Å²) in [5.74, 6) is -0.732. The number of ether oxygens (including phenoxy) is 2. The highest BCUT2D eigenvalue weighted by atomic mass is 16.7. The predicted octanol–water partition coefficient (Wildman–Crippen LogP) is 3.22. The fourth-order valence-corrected chi connectivity index (χ4v) is 2.75. The number of amides is 1. The average molecular weight is 347 g/mol. The van der Waals surface area contributed by atoms with Crippen molar-refractivity contribution < 1.29 is 19.1 Å². The maximum Gasteiger partial charge on any atom is 0.220 e. The van der Waals surface area contributed by atoms with Gasteiger partial charge in [0, 0.05) is 31.4 Å². The molecule has 0 saturated carbocycles. The second kappa shape index (κ2) is 8.11. The third-order valence-corrected chi connectivity index (χ3v) is 4.45. The Balaban J connectivity index is 1.72. The van der Waals surface area contributed by atoms with E-state index in [9.17, 15) is 9.59 Å². The summed E-state index contributed by atoms with van der Waals surface area (Å²) in [6, 6.07) is 7.65. The van der Waals surface area contributed by atoms with Gasteiger partial charge in [-0.25, -0.2) is 0 Å². The number of rotatable bonds is 7. The zero-order chi connectivity index (χ0) is 18.5. The predicted molar refractivity (Wildman–Crippen MR) is 96.6 cm³/mol. The maximum atomic E-state index is 12.2. The minimum absolute atomic E-state index is 0.00923. The molecule has 5 nitrogen and oxygen atoms in total. The zero-order valence-corrected chi connectivity index (χ0v) is 15.7. The molecule has 1 aromatic carbocycles. The van der Waals surface area contributed by atoms with Gasteiger partial charge in [-0.15, -0.1) is 0 Å². The zero-order valence-electron chi connectivity index (χ0n) is 15.7. The smallest absolute Gasteiger partial charge is 0.220 e. The molecule has 0 unspecified atom stereocenters. The van der Waals surface area contributed by atoms with Crippen molar-refractivity contribution in [3.63, 3.8) is 0 Å². The monoisotopic (exact) mass is 347 g/mol. The summed E-state index contributed by atoms with van der Waals surface area (Å²) in [4.78, 5) is 24.1. The van der Waals surface area contributed by atoms with E-state index in [0.717, 1.165) is 0 Å². The van der Waals surface area contributed by atoms with Crippen LogP contribution in [0.4, 0.5) is 0 Å². The van der Waals surface area contributed by atoms with Crippen molar-refractivity contribution in [2.75, 3.05) is 19.8 Å². The molecule has 1 aliphatic heterocycles. The van der Waals surface area contributed by atoms with Crippen LogP contribution < -0.4 is 5.32 Å². The van der Waals surface area contributed by atoms with Gasteiger partial charge in [0.15, 0.2) is 11.6 Å². The Kier molecular flexibility index (Phi) is 6.36. The number of Topliss-reactive ketones (excluding diaryl/α,β-unsaturated/α-hetero) is 1. The number of benzene rings is 1. The third-order valence-electron chi connectivity index (χ3n) is 4.45. The van der Waals surface area contributed by atoms with Crippen molar-refractivity contribution in [2.45, 2.75) is 58.2 Å². The van der Waals surface area contributed by atoms with Crippen LogP contribution in [0.3, 0.4) is 0 Å². The summed E-state index contributed by atoms with van der Waals surface area (Å²) < 4.78 is 11.0. The molecule has 1 amide bonds. The van der Waals surface area contributed by atoms with Gasteiger partial charge in [0.1, 0.15) is 0 Å². The fourth-order valence-electron chi connectivity index (χ4n) is 2.75. The Hall–Kier alpha value is -1.72. The van der Waals surface area contributed by atoms with Crippen molar-refractivity contribution >= 4 is 11.7 Å². The van der Waals surface area contributed by atoms with Crippen LogP contribution >= 0.6 is 0 Å². The Bertz CT molecular complexity index is 595. The molecule has 0 spiro atoms. The lowest BCUT2D eigenvalue weighted by Crippen LogP contribution is -2.33. The molecule has 5 heteroatoms. The Morgan fingerprint density at radius 1 is 1.08 bits per heavy atom. The van der Waals surface area contributed by atoms with Crippen LogP contribution in [0.15, 0.2) is 24.3 Å². The van der Waals surface area contributed by atoms with Crippen molar-refractivity contribution in [2.24, 2.45) is 0 Å². The van der Waals surface area contributed by atoms with Gasteiger partial charge in [-0.2, -0.15) is 0 Å². The second-order valence-electron chi connectivity index (χ2n) is 7.68. The Morgan fingerprint density at radius 2 is 1.68 bits per heavy atom. The van der Waals surface area contributed by atoms with E-state index in [0.29, 0.717) is 31.7 Å². The largest absolute Gasteiger partial charge is 0.356 e. The Morgan fingerprint density at radius 3 is 2.24 bits per heavy atom. The number of hydrogen-bond donors (Lipinski definition) is 1. The molecule has 0 radical (unpaired) electrons. The van der Waals surface area contributed by atoms with E-state index in [-0.39, 0.29) is 29.9 Å². The highest BCUT2D eigenvalue weighted by Gasteiger charge is 2.30. The molecule has 1 fully saturated rings. The van der Waals surface area contributed by atoms with Gasteiger partial charge in [0.25, 0.3) is 0 Å². The van der Waals surface area contributed by atoms with Gasteiger partial charge in [0.05, 0.1) is 13.2 Å². The summed E-state index contributed by atoms with van der Waals surface area (Å²) in [5, 5.41) is 2.82. The topological polar surface area (TPSA) is 64.6 Å². The molecule has 0 bridgehead atoms. The van der Waals surface area contributed by atoms with Gasteiger partial charge < -0.3 is 14.8 Å². The van der Waals surface area contributed by atoms with E-state index < -0.39 is 5.79 Å². The quantitative estimate of drug-likeness (QED) is 0.769. The highest BCUT2D eigenvalue weighted by Crippen LogP contribution is 2.23. The molecule has 0 aliphatic carbocycles. The van der Waals surface area contributed by atoms with Gasteiger partial charge in [-0.05, 0) is 17.9 Å². The van der Waals surface area contributed by atoms with Crippen LogP contribution in [0.25, 0.3) is 0 Å². The maximum absolute atomic E-state index is 12.2. The van der Waals surface area contributed by atoms with Crippen LogP contribution in [0, 0.1) is 0 Å². The van der Waals surface area contributed by atoms with Crippen molar-refractivity contribution in [3.8, 4) is 0 Å². The molecule has 0 atom stereocenters. The van der Waals surface area contributed by atoms with Gasteiger partial charge in [-0.3, -0.25) is 9.59 Å². The number of ketones is 1. The standard InChI is InChI=1S/C20H29NO4/c1-19(2,3)16-7-5-15(6-8-16)17(22)9-10-18(23)21-12-11-20(4)24-13-14-25-20/h5-8H,9-14H2,1-4H3,(H,21,23). The molecular weight excluding hydrogens is 318 g/mol. The van der Waals surface area contributed by atoms with Crippen molar-refractivity contribution in [1.82, 2.24) is 5.32 Å². The SMILES string of the molecule is CC1(CCNC(=O)CCC(=O)c2ccc(C(C)(C)C)cc2)OCCO1. The summed E-state index contributed by atoms with van der Waals surface area (Å²) in [6.07, 6.45) is 1.00. The van der Waals surface area contributed by atoms with E-state index in [1.165, 1.54) is 5.56 Å². The molecule has 1 saturated heterocycles.